The maximum atomic E-state index is 12.0. The van der Waals surface area contributed by atoms with Gasteiger partial charge in [0.15, 0.2) is 5.16 Å². The molecule has 0 bridgehead atoms. The van der Waals surface area contributed by atoms with E-state index >= 15 is 0 Å². The summed E-state index contributed by atoms with van der Waals surface area (Å²) in [6.45, 7) is 3.82. The summed E-state index contributed by atoms with van der Waals surface area (Å²) in [6, 6.07) is 5.72. The Labute approximate surface area is 134 Å². The van der Waals surface area contributed by atoms with E-state index in [2.05, 4.69) is 9.97 Å². The van der Waals surface area contributed by atoms with E-state index in [1.165, 1.54) is 11.8 Å². The van der Waals surface area contributed by atoms with Gasteiger partial charge in [-0.05, 0) is 31.0 Å². The molecule has 0 fully saturated rings. The van der Waals surface area contributed by atoms with Crippen LogP contribution >= 0.6 is 11.8 Å². The van der Waals surface area contributed by atoms with Gasteiger partial charge in [-0.15, -0.1) is 0 Å². The minimum atomic E-state index is -0.0549. The van der Waals surface area contributed by atoms with Gasteiger partial charge in [0.2, 0.25) is 0 Å². The first-order valence-corrected chi connectivity index (χ1v) is 8.00. The lowest BCUT2D eigenvalue weighted by molar-refractivity contribution is 0.393. The molecule has 1 aromatic carbocycles. The second kappa shape index (κ2) is 7.35. The van der Waals surface area contributed by atoms with Crippen molar-refractivity contribution in [1.29, 1.82) is 0 Å². The molecule has 1 aromatic heterocycles. The Hall–Kier alpha value is -1.95. The summed E-state index contributed by atoms with van der Waals surface area (Å²) in [6.07, 6.45) is 0.687. The molecule has 118 valence electrons. The molecule has 0 amide bonds. The standard InChI is InChI=1S/C16H20N2O3S/c1-5-14-10(2)17-16(18-15(14)19)22-9-11-6-12(20-3)8-13(7-11)21-4/h6-8H,5,9H2,1-4H3,(H,17,18,19). The Balaban J connectivity index is 2.18. The quantitative estimate of drug-likeness (QED) is 0.655. The third kappa shape index (κ3) is 3.82. The molecular weight excluding hydrogens is 300 g/mol. The molecule has 0 spiro atoms. The summed E-state index contributed by atoms with van der Waals surface area (Å²) in [5, 5.41) is 0.626. The third-order valence-electron chi connectivity index (χ3n) is 3.34. The number of rotatable bonds is 6. The van der Waals surface area contributed by atoms with E-state index < -0.39 is 0 Å². The van der Waals surface area contributed by atoms with Crippen molar-refractivity contribution in [2.75, 3.05) is 14.2 Å². The molecule has 1 N–H and O–H groups in total. The average Bonchev–Trinajstić information content (AvgIpc) is 2.52. The van der Waals surface area contributed by atoms with Crippen LogP contribution in [0.15, 0.2) is 28.2 Å². The average molecular weight is 320 g/mol. The second-order valence-electron chi connectivity index (χ2n) is 4.80. The molecular formula is C16H20N2O3S. The number of aromatic amines is 1. The van der Waals surface area contributed by atoms with E-state index in [-0.39, 0.29) is 5.56 Å². The zero-order valence-electron chi connectivity index (χ0n) is 13.2. The number of nitrogens with zero attached hydrogens (tertiary/aromatic N) is 1. The normalized spacial score (nSPS) is 10.5. The summed E-state index contributed by atoms with van der Waals surface area (Å²) in [5.41, 5.74) is 2.52. The van der Waals surface area contributed by atoms with E-state index in [0.717, 1.165) is 28.3 Å². The molecule has 0 unspecified atom stereocenters. The zero-order valence-corrected chi connectivity index (χ0v) is 14.0. The highest BCUT2D eigenvalue weighted by atomic mass is 32.2. The van der Waals surface area contributed by atoms with Crippen molar-refractivity contribution >= 4 is 11.8 Å². The van der Waals surface area contributed by atoms with E-state index in [9.17, 15) is 4.79 Å². The molecule has 0 aliphatic rings. The van der Waals surface area contributed by atoms with E-state index in [4.69, 9.17) is 9.47 Å². The molecule has 0 atom stereocenters. The highest BCUT2D eigenvalue weighted by Gasteiger charge is 2.08. The van der Waals surface area contributed by atoms with Gasteiger partial charge in [-0.3, -0.25) is 4.79 Å². The van der Waals surface area contributed by atoms with Crippen LogP contribution in [0.1, 0.15) is 23.7 Å². The number of benzene rings is 1. The molecule has 5 nitrogen and oxygen atoms in total. The molecule has 0 radical (unpaired) electrons. The lowest BCUT2D eigenvalue weighted by Gasteiger charge is -2.09. The first kappa shape index (κ1) is 16.4. The molecule has 0 saturated carbocycles. The van der Waals surface area contributed by atoms with Gasteiger partial charge in [-0.25, -0.2) is 4.98 Å². The van der Waals surface area contributed by atoms with Crippen LogP contribution in [0.5, 0.6) is 11.5 Å². The number of aromatic nitrogens is 2. The van der Waals surface area contributed by atoms with Gasteiger partial charge < -0.3 is 14.5 Å². The van der Waals surface area contributed by atoms with Gasteiger partial charge >= 0.3 is 0 Å². The molecule has 22 heavy (non-hydrogen) atoms. The Bertz CT molecular complexity index is 691. The predicted molar refractivity (Wildman–Crippen MR) is 88.1 cm³/mol. The second-order valence-corrected chi connectivity index (χ2v) is 5.76. The van der Waals surface area contributed by atoms with Gasteiger partial charge in [-0.1, -0.05) is 18.7 Å². The molecule has 6 heteroatoms. The number of H-pyrrole nitrogens is 1. The molecule has 0 aliphatic carbocycles. The van der Waals surface area contributed by atoms with Gasteiger partial charge in [-0.2, -0.15) is 0 Å². The Morgan fingerprint density at radius 2 is 1.82 bits per heavy atom. The fraction of sp³-hybridized carbons (Fsp3) is 0.375. The van der Waals surface area contributed by atoms with Crippen molar-refractivity contribution in [2.24, 2.45) is 0 Å². The Morgan fingerprint density at radius 3 is 2.32 bits per heavy atom. The van der Waals surface area contributed by atoms with Crippen molar-refractivity contribution < 1.29 is 9.47 Å². The number of thioether (sulfide) groups is 1. The first-order chi connectivity index (χ1) is 10.6. The van der Waals surface area contributed by atoms with E-state index in [0.29, 0.717) is 17.3 Å². The fourth-order valence-electron chi connectivity index (χ4n) is 2.17. The molecule has 0 saturated heterocycles. The number of nitrogens with one attached hydrogen (secondary N) is 1. The number of ether oxygens (including phenoxy) is 2. The van der Waals surface area contributed by atoms with Crippen LogP contribution in [0.2, 0.25) is 0 Å². The maximum absolute atomic E-state index is 12.0. The highest BCUT2D eigenvalue weighted by Crippen LogP contribution is 2.27. The first-order valence-electron chi connectivity index (χ1n) is 7.02. The number of hydrogen-bond acceptors (Lipinski definition) is 5. The monoisotopic (exact) mass is 320 g/mol. The molecule has 0 aliphatic heterocycles. The van der Waals surface area contributed by atoms with Crippen LogP contribution in [-0.4, -0.2) is 24.2 Å². The van der Waals surface area contributed by atoms with E-state index in [1.807, 2.05) is 32.0 Å². The predicted octanol–water partition coefficient (Wildman–Crippen LogP) is 2.95. The smallest absolute Gasteiger partial charge is 0.254 e. The van der Waals surface area contributed by atoms with Crippen LogP contribution in [0, 0.1) is 6.92 Å². The minimum Gasteiger partial charge on any atom is -0.497 e. The number of methoxy groups -OCH3 is 2. The summed E-state index contributed by atoms with van der Waals surface area (Å²) >= 11 is 1.48. The maximum Gasteiger partial charge on any atom is 0.254 e. The molecule has 2 rings (SSSR count). The highest BCUT2D eigenvalue weighted by molar-refractivity contribution is 7.98. The number of aryl methyl sites for hydroxylation is 1. The van der Waals surface area contributed by atoms with Gasteiger partial charge in [0.1, 0.15) is 11.5 Å². The molecule has 1 heterocycles. The summed E-state index contributed by atoms with van der Waals surface area (Å²) in [5.74, 6) is 2.16. The van der Waals surface area contributed by atoms with Crippen LogP contribution in [0.4, 0.5) is 0 Å². The summed E-state index contributed by atoms with van der Waals surface area (Å²) in [7, 11) is 3.25. The Morgan fingerprint density at radius 1 is 1.18 bits per heavy atom. The number of hydrogen-bond donors (Lipinski definition) is 1. The summed E-state index contributed by atoms with van der Waals surface area (Å²) in [4.78, 5) is 19.2. The zero-order chi connectivity index (χ0) is 16.1. The van der Waals surface area contributed by atoms with Gasteiger partial charge in [0, 0.05) is 23.1 Å². The lowest BCUT2D eigenvalue weighted by atomic mass is 10.2. The van der Waals surface area contributed by atoms with Crippen molar-refractivity contribution in [1.82, 2.24) is 9.97 Å². The molecule has 2 aromatic rings. The van der Waals surface area contributed by atoms with Gasteiger partial charge in [0.05, 0.1) is 14.2 Å². The van der Waals surface area contributed by atoms with Crippen LogP contribution in [-0.2, 0) is 12.2 Å². The topological polar surface area (TPSA) is 64.2 Å². The van der Waals surface area contributed by atoms with Crippen molar-refractivity contribution in [3.63, 3.8) is 0 Å². The summed E-state index contributed by atoms with van der Waals surface area (Å²) < 4.78 is 10.5. The minimum absolute atomic E-state index is 0.0549. The third-order valence-corrected chi connectivity index (χ3v) is 4.29. The van der Waals surface area contributed by atoms with Crippen LogP contribution < -0.4 is 15.0 Å². The largest absolute Gasteiger partial charge is 0.497 e. The SMILES string of the molecule is CCc1c(C)nc(SCc2cc(OC)cc(OC)c2)[nH]c1=O. The van der Waals surface area contributed by atoms with E-state index in [1.54, 1.807) is 14.2 Å². The van der Waals surface area contributed by atoms with Crippen molar-refractivity contribution in [3.05, 3.63) is 45.4 Å². The Kier molecular flexibility index (Phi) is 5.49. The van der Waals surface area contributed by atoms with Crippen LogP contribution in [0.25, 0.3) is 0 Å². The van der Waals surface area contributed by atoms with Crippen molar-refractivity contribution in [2.45, 2.75) is 31.2 Å². The lowest BCUT2D eigenvalue weighted by Crippen LogP contribution is -2.16. The fourth-order valence-corrected chi connectivity index (χ4v) is 3.01. The van der Waals surface area contributed by atoms with Crippen molar-refractivity contribution in [3.8, 4) is 11.5 Å². The van der Waals surface area contributed by atoms with Gasteiger partial charge in [0.25, 0.3) is 5.56 Å². The van der Waals surface area contributed by atoms with Crippen LogP contribution in [0.3, 0.4) is 0 Å².